The van der Waals surface area contributed by atoms with Gasteiger partial charge >= 0.3 is 0 Å². The largest absolute Gasteiger partial charge is 0.314 e. The van der Waals surface area contributed by atoms with E-state index < -0.39 is 0 Å². The number of thiophene rings is 1. The van der Waals surface area contributed by atoms with E-state index in [9.17, 15) is 0 Å². The molecule has 1 aromatic heterocycles. The van der Waals surface area contributed by atoms with Crippen molar-refractivity contribution < 1.29 is 0 Å². The first kappa shape index (κ1) is 11.6. The summed E-state index contributed by atoms with van der Waals surface area (Å²) >= 11 is 5.35. The van der Waals surface area contributed by atoms with Crippen molar-refractivity contribution in [2.24, 2.45) is 0 Å². The molecule has 15 heavy (non-hydrogen) atoms. The lowest BCUT2D eigenvalue weighted by atomic mass is 9.95. The highest BCUT2D eigenvalue weighted by Crippen LogP contribution is 2.22. The van der Waals surface area contributed by atoms with Crippen LogP contribution in [0, 0.1) is 0 Å². The first-order valence-corrected chi connectivity index (χ1v) is 7.43. The summed E-state index contributed by atoms with van der Waals surface area (Å²) in [4.78, 5) is 1.48. The second-order valence-corrected chi connectivity index (χ2v) is 6.79. The third-order valence-electron chi connectivity index (χ3n) is 3.04. The molecule has 1 N–H and O–H groups in total. The maximum atomic E-state index is 3.67. The molecule has 0 radical (unpaired) electrons. The van der Waals surface area contributed by atoms with Gasteiger partial charge in [-0.2, -0.15) is 0 Å². The van der Waals surface area contributed by atoms with Crippen molar-refractivity contribution in [3.8, 4) is 0 Å². The molecule has 1 saturated carbocycles. The normalized spacial score (nSPS) is 18.2. The maximum Gasteiger partial charge on any atom is 0.0701 e. The quantitative estimate of drug-likeness (QED) is 0.883. The van der Waals surface area contributed by atoms with Crippen LogP contribution in [0.25, 0.3) is 0 Å². The van der Waals surface area contributed by atoms with Gasteiger partial charge in [0.15, 0.2) is 0 Å². The average Bonchev–Trinajstić information content (AvgIpc) is 2.66. The van der Waals surface area contributed by atoms with E-state index in [1.54, 1.807) is 0 Å². The van der Waals surface area contributed by atoms with E-state index in [-0.39, 0.29) is 0 Å². The van der Waals surface area contributed by atoms with E-state index in [1.807, 2.05) is 11.3 Å². The van der Waals surface area contributed by atoms with Crippen molar-refractivity contribution in [3.63, 3.8) is 0 Å². The summed E-state index contributed by atoms with van der Waals surface area (Å²) in [6, 6.07) is 5.15. The third kappa shape index (κ3) is 3.89. The van der Waals surface area contributed by atoms with Gasteiger partial charge in [0, 0.05) is 17.5 Å². The zero-order valence-electron chi connectivity index (χ0n) is 8.97. The number of nitrogens with one attached hydrogen (secondary N) is 1. The van der Waals surface area contributed by atoms with Gasteiger partial charge in [-0.05, 0) is 47.3 Å². The molecule has 84 valence electrons. The van der Waals surface area contributed by atoms with Gasteiger partial charge in [0.05, 0.1) is 3.79 Å². The molecule has 0 spiro atoms. The van der Waals surface area contributed by atoms with Crippen LogP contribution in [0.5, 0.6) is 0 Å². The minimum absolute atomic E-state index is 0.794. The Kier molecular flexibility index (Phi) is 4.66. The summed E-state index contributed by atoms with van der Waals surface area (Å²) in [5.41, 5.74) is 0. The highest BCUT2D eigenvalue weighted by atomic mass is 79.9. The van der Waals surface area contributed by atoms with E-state index in [0.717, 1.165) is 12.6 Å². The van der Waals surface area contributed by atoms with Gasteiger partial charge in [0.1, 0.15) is 0 Å². The molecule has 1 heterocycles. The first-order chi connectivity index (χ1) is 7.34. The molecule has 0 aliphatic heterocycles. The highest BCUT2D eigenvalue weighted by Gasteiger charge is 2.11. The minimum Gasteiger partial charge on any atom is -0.314 e. The van der Waals surface area contributed by atoms with E-state index in [0.29, 0.717) is 0 Å². The Morgan fingerprint density at radius 3 is 2.73 bits per heavy atom. The highest BCUT2D eigenvalue weighted by molar-refractivity contribution is 9.11. The smallest absolute Gasteiger partial charge is 0.0701 e. The zero-order chi connectivity index (χ0) is 10.5. The topological polar surface area (TPSA) is 12.0 Å². The molecule has 2 rings (SSSR count). The fraction of sp³-hybridized carbons (Fsp3) is 0.667. The first-order valence-electron chi connectivity index (χ1n) is 5.82. The van der Waals surface area contributed by atoms with Gasteiger partial charge in [0.25, 0.3) is 0 Å². The molecular weight excluding hydrogens is 270 g/mol. The van der Waals surface area contributed by atoms with E-state index in [2.05, 4.69) is 33.4 Å². The van der Waals surface area contributed by atoms with Crippen LogP contribution in [0.1, 0.15) is 37.0 Å². The lowest BCUT2D eigenvalue weighted by Gasteiger charge is -2.22. The Morgan fingerprint density at radius 1 is 1.27 bits per heavy atom. The molecule has 1 aliphatic rings. The molecule has 0 atom stereocenters. The lowest BCUT2D eigenvalue weighted by Crippen LogP contribution is -2.32. The van der Waals surface area contributed by atoms with Crippen LogP contribution in [-0.4, -0.2) is 12.6 Å². The molecule has 0 unspecified atom stereocenters. The van der Waals surface area contributed by atoms with Crippen LogP contribution in [0.4, 0.5) is 0 Å². The molecule has 0 amide bonds. The Labute approximate surface area is 104 Å². The Hall–Kier alpha value is 0.140. The third-order valence-corrected chi connectivity index (χ3v) is 4.72. The van der Waals surface area contributed by atoms with Crippen LogP contribution < -0.4 is 5.32 Å². The van der Waals surface area contributed by atoms with Crippen molar-refractivity contribution in [1.82, 2.24) is 5.32 Å². The lowest BCUT2D eigenvalue weighted by molar-refractivity contribution is 0.376. The maximum absolute atomic E-state index is 3.67. The van der Waals surface area contributed by atoms with Crippen LogP contribution in [-0.2, 0) is 6.42 Å². The van der Waals surface area contributed by atoms with Crippen LogP contribution in [0.3, 0.4) is 0 Å². The molecule has 0 aromatic carbocycles. The summed E-state index contributed by atoms with van der Waals surface area (Å²) in [5.74, 6) is 0. The van der Waals surface area contributed by atoms with Crippen LogP contribution >= 0.6 is 27.3 Å². The molecule has 0 saturated heterocycles. The molecule has 3 heteroatoms. The van der Waals surface area contributed by atoms with Gasteiger partial charge in [-0.25, -0.2) is 0 Å². The Balaban J connectivity index is 1.65. The van der Waals surface area contributed by atoms with Crippen molar-refractivity contribution >= 4 is 27.3 Å². The molecule has 1 nitrogen and oxygen atoms in total. The van der Waals surface area contributed by atoms with Gasteiger partial charge < -0.3 is 5.32 Å². The summed E-state index contributed by atoms with van der Waals surface area (Å²) < 4.78 is 1.25. The molecule has 1 aliphatic carbocycles. The average molecular weight is 288 g/mol. The van der Waals surface area contributed by atoms with E-state index in [4.69, 9.17) is 0 Å². The van der Waals surface area contributed by atoms with Gasteiger partial charge in [0.2, 0.25) is 0 Å². The number of halogens is 1. The summed E-state index contributed by atoms with van der Waals surface area (Å²) in [6.07, 6.45) is 8.22. The molecular formula is C12H18BrNS. The Bertz CT molecular complexity index is 292. The minimum atomic E-state index is 0.794. The monoisotopic (exact) mass is 287 g/mol. The van der Waals surface area contributed by atoms with Crippen LogP contribution in [0.2, 0.25) is 0 Å². The van der Waals surface area contributed by atoms with Gasteiger partial charge in [-0.3, -0.25) is 0 Å². The number of rotatable bonds is 4. The second kappa shape index (κ2) is 6.02. The van der Waals surface area contributed by atoms with E-state index in [1.165, 1.54) is 47.2 Å². The summed E-state index contributed by atoms with van der Waals surface area (Å²) in [6.45, 7) is 1.14. The van der Waals surface area contributed by atoms with Gasteiger partial charge in [-0.1, -0.05) is 19.3 Å². The second-order valence-electron chi connectivity index (χ2n) is 4.24. The molecule has 0 bridgehead atoms. The predicted molar refractivity (Wildman–Crippen MR) is 70.6 cm³/mol. The predicted octanol–water partition coefficient (Wildman–Crippen LogP) is 3.98. The summed E-state index contributed by atoms with van der Waals surface area (Å²) in [7, 11) is 0. The molecule has 1 fully saturated rings. The van der Waals surface area contributed by atoms with E-state index >= 15 is 0 Å². The number of hydrogen-bond donors (Lipinski definition) is 1. The van der Waals surface area contributed by atoms with Crippen molar-refractivity contribution in [2.75, 3.05) is 6.54 Å². The fourth-order valence-corrected chi connectivity index (χ4v) is 3.67. The van der Waals surface area contributed by atoms with Crippen molar-refractivity contribution in [2.45, 2.75) is 44.6 Å². The zero-order valence-corrected chi connectivity index (χ0v) is 11.4. The standard InChI is InChI=1S/C12H18BrNS/c13-12-7-6-11(15-12)8-9-14-10-4-2-1-3-5-10/h6-7,10,14H,1-5,8-9H2. The molecule has 1 aromatic rings. The van der Waals surface area contributed by atoms with Crippen molar-refractivity contribution in [3.05, 3.63) is 20.8 Å². The summed E-state index contributed by atoms with van der Waals surface area (Å²) in [5, 5.41) is 3.67. The SMILES string of the molecule is Brc1ccc(CCNC2CCCCC2)s1. The van der Waals surface area contributed by atoms with Crippen molar-refractivity contribution in [1.29, 1.82) is 0 Å². The fourth-order valence-electron chi connectivity index (χ4n) is 2.19. The van der Waals surface area contributed by atoms with Gasteiger partial charge in [-0.15, -0.1) is 11.3 Å². The number of hydrogen-bond acceptors (Lipinski definition) is 2. The van der Waals surface area contributed by atoms with Crippen LogP contribution in [0.15, 0.2) is 15.9 Å². The Morgan fingerprint density at radius 2 is 2.07 bits per heavy atom.